The van der Waals surface area contributed by atoms with E-state index in [2.05, 4.69) is 5.32 Å². The SMILES string of the molecule is O=C(NC1CC(O)C1)c1cc(Cl)cn1C1CC1. The molecule has 1 heterocycles. The van der Waals surface area contributed by atoms with E-state index in [9.17, 15) is 9.90 Å². The van der Waals surface area contributed by atoms with E-state index in [1.807, 2.05) is 10.8 Å². The van der Waals surface area contributed by atoms with Crippen molar-refractivity contribution in [2.45, 2.75) is 43.9 Å². The van der Waals surface area contributed by atoms with Gasteiger partial charge in [-0.3, -0.25) is 4.79 Å². The molecule has 1 aromatic rings. The van der Waals surface area contributed by atoms with Crippen molar-refractivity contribution in [2.24, 2.45) is 0 Å². The molecule has 2 fully saturated rings. The van der Waals surface area contributed by atoms with E-state index in [1.54, 1.807) is 6.07 Å². The van der Waals surface area contributed by atoms with Gasteiger partial charge in [-0.05, 0) is 31.7 Å². The van der Waals surface area contributed by atoms with Gasteiger partial charge in [-0.25, -0.2) is 0 Å². The van der Waals surface area contributed by atoms with Gasteiger partial charge in [0.15, 0.2) is 0 Å². The summed E-state index contributed by atoms with van der Waals surface area (Å²) in [5.41, 5.74) is 0.638. The van der Waals surface area contributed by atoms with Crippen LogP contribution in [0.1, 0.15) is 42.2 Å². The summed E-state index contributed by atoms with van der Waals surface area (Å²) in [6.45, 7) is 0. The summed E-state index contributed by atoms with van der Waals surface area (Å²) in [4.78, 5) is 12.0. The molecule has 2 aliphatic carbocycles. The highest BCUT2D eigenvalue weighted by Gasteiger charge is 2.31. The smallest absolute Gasteiger partial charge is 0.268 e. The number of nitrogens with zero attached hydrogens (tertiary/aromatic N) is 1. The van der Waals surface area contributed by atoms with E-state index >= 15 is 0 Å². The van der Waals surface area contributed by atoms with E-state index in [-0.39, 0.29) is 18.1 Å². The Labute approximate surface area is 105 Å². The molecule has 0 bridgehead atoms. The van der Waals surface area contributed by atoms with Crippen LogP contribution in [-0.2, 0) is 0 Å². The van der Waals surface area contributed by atoms with Gasteiger partial charge >= 0.3 is 0 Å². The van der Waals surface area contributed by atoms with Crippen molar-refractivity contribution in [1.29, 1.82) is 0 Å². The number of halogens is 1. The Morgan fingerprint density at radius 2 is 2.18 bits per heavy atom. The van der Waals surface area contributed by atoms with Crippen molar-refractivity contribution in [2.75, 3.05) is 0 Å². The van der Waals surface area contributed by atoms with Crippen LogP contribution in [0.3, 0.4) is 0 Å². The van der Waals surface area contributed by atoms with Gasteiger partial charge in [0.25, 0.3) is 5.91 Å². The maximum Gasteiger partial charge on any atom is 0.268 e. The lowest BCUT2D eigenvalue weighted by atomic mass is 9.89. The van der Waals surface area contributed by atoms with E-state index < -0.39 is 0 Å². The number of nitrogens with one attached hydrogen (secondary N) is 1. The predicted octanol–water partition coefficient (Wildman–Crippen LogP) is 1.73. The second-order valence-electron chi connectivity index (χ2n) is 4.98. The Kier molecular flexibility index (Phi) is 2.64. The van der Waals surface area contributed by atoms with E-state index in [4.69, 9.17) is 11.6 Å². The van der Waals surface area contributed by atoms with E-state index in [0.717, 1.165) is 12.8 Å². The van der Waals surface area contributed by atoms with Crippen LogP contribution in [0.4, 0.5) is 0 Å². The topological polar surface area (TPSA) is 54.3 Å². The Morgan fingerprint density at radius 1 is 1.47 bits per heavy atom. The zero-order chi connectivity index (χ0) is 12.0. The predicted molar refractivity (Wildman–Crippen MR) is 64.2 cm³/mol. The Hall–Kier alpha value is -1.00. The molecule has 1 aromatic heterocycles. The fourth-order valence-electron chi connectivity index (χ4n) is 2.25. The van der Waals surface area contributed by atoms with Crippen molar-refractivity contribution in [3.05, 3.63) is 23.0 Å². The molecule has 0 aliphatic heterocycles. The molecule has 4 nitrogen and oxygen atoms in total. The summed E-state index contributed by atoms with van der Waals surface area (Å²) >= 11 is 5.95. The second kappa shape index (κ2) is 4.03. The molecular weight excluding hydrogens is 240 g/mol. The number of aliphatic hydroxyl groups excluding tert-OH is 1. The number of hydrogen-bond acceptors (Lipinski definition) is 2. The van der Waals surface area contributed by atoms with Crippen molar-refractivity contribution in [3.8, 4) is 0 Å². The number of amides is 1. The molecule has 0 saturated heterocycles. The summed E-state index contributed by atoms with van der Waals surface area (Å²) in [7, 11) is 0. The lowest BCUT2D eigenvalue weighted by Gasteiger charge is -2.32. The Morgan fingerprint density at radius 3 is 2.76 bits per heavy atom. The maximum absolute atomic E-state index is 12.0. The molecule has 3 rings (SSSR count). The maximum atomic E-state index is 12.0. The van der Waals surface area contributed by atoms with Crippen LogP contribution in [0.2, 0.25) is 5.02 Å². The quantitative estimate of drug-likeness (QED) is 0.863. The Balaban J connectivity index is 1.71. The molecule has 92 valence electrons. The fourth-order valence-corrected chi connectivity index (χ4v) is 2.46. The van der Waals surface area contributed by atoms with Gasteiger partial charge in [0.2, 0.25) is 0 Å². The van der Waals surface area contributed by atoms with Crippen LogP contribution < -0.4 is 5.32 Å². The van der Waals surface area contributed by atoms with E-state index in [1.165, 1.54) is 0 Å². The van der Waals surface area contributed by atoms with Crippen molar-refractivity contribution in [3.63, 3.8) is 0 Å². The molecular formula is C12H15ClN2O2. The summed E-state index contributed by atoms with van der Waals surface area (Å²) in [5.74, 6) is -0.0827. The summed E-state index contributed by atoms with van der Waals surface area (Å²) in [6, 6.07) is 2.26. The zero-order valence-corrected chi connectivity index (χ0v) is 10.2. The van der Waals surface area contributed by atoms with Crippen LogP contribution in [0.15, 0.2) is 12.3 Å². The summed E-state index contributed by atoms with van der Waals surface area (Å²) in [5, 5.41) is 12.7. The number of carbonyl (C=O) groups excluding carboxylic acids is 1. The molecule has 5 heteroatoms. The molecule has 0 aromatic carbocycles. The average molecular weight is 255 g/mol. The fraction of sp³-hybridized carbons (Fsp3) is 0.583. The molecule has 1 amide bonds. The summed E-state index contributed by atoms with van der Waals surface area (Å²) < 4.78 is 1.97. The highest BCUT2D eigenvalue weighted by Crippen LogP contribution is 2.37. The third-order valence-electron chi connectivity index (χ3n) is 3.44. The molecule has 0 radical (unpaired) electrons. The molecule has 0 unspecified atom stereocenters. The first kappa shape index (κ1) is 11.1. The molecule has 17 heavy (non-hydrogen) atoms. The number of aromatic nitrogens is 1. The average Bonchev–Trinajstić information content (AvgIpc) is 3.00. The number of rotatable bonds is 3. The van der Waals surface area contributed by atoms with Crippen LogP contribution in [0, 0.1) is 0 Å². The molecule has 2 aliphatic rings. The Bertz CT molecular complexity index is 447. The van der Waals surface area contributed by atoms with Crippen molar-refractivity contribution < 1.29 is 9.90 Å². The third-order valence-corrected chi connectivity index (χ3v) is 3.64. The lowest BCUT2D eigenvalue weighted by molar-refractivity contribution is 0.0559. The van der Waals surface area contributed by atoms with Crippen LogP contribution >= 0.6 is 11.6 Å². The minimum atomic E-state index is -0.251. The van der Waals surface area contributed by atoms with Crippen LogP contribution in [0.25, 0.3) is 0 Å². The summed E-state index contributed by atoms with van der Waals surface area (Å²) in [6.07, 6.45) is 5.12. The highest BCUT2D eigenvalue weighted by molar-refractivity contribution is 6.31. The monoisotopic (exact) mass is 254 g/mol. The number of carbonyl (C=O) groups is 1. The second-order valence-corrected chi connectivity index (χ2v) is 5.41. The van der Waals surface area contributed by atoms with Gasteiger partial charge in [-0.1, -0.05) is 11.6 Å². The van der Waals surface area contributed by atoms with Gasteiger partial charge in [0.05, 0.1) is 11.1 Å². The lowest BCUT2D eigenvalue weighted by Crippen LogP contribution is -2.47. The molecule has 2 N–H and O–H groups in total. The number of hydrogen-bond donors (Lipinski definition) is 2. The van der Waals surface area contributed by atoms with Gasteiger partial charge in [-0.2, -0.15) is 0 Å². The van der Waals surface area contributed by atoms with Gasteiger partial charge in [0.1, 0.15) is 5.69 Å². The standard InChI is InChI=1S/C12H15ClN2O2/c13-7-3-11(15(6-7)9-1-2-9)12(17)14-8-4-10(16)5-8/h3,6,8-10,16H,1-2,4-5H2,(H,14,17). The largest absolute Gasteiger partial charge is 0.393 e. The molecule has 2 saturated carbocycles. The van der Waals surface area contributed by atoms with Crippen molar-refractivity contribution in [1.82, 2.24) is 9.88 Å². The van der Waals surface area contributed by atoms with Crippen molar-refractivity contribution >= 4 is 17.5 Å². The number of aliphatic hydroxyl groups is 1. The minimum Gasteiger partial charge on any atom is -0.393 e. The minimum absolute atomic E-state index is 0.0827. The first-order valence-electron chi connectivity index (χ1n) is 6.00. The first-order valence-corrected chi connectivity index (χ1v) is 6.37. The van der Waals surface area contributed by atoms with Gasteiger partial charge in [-0.15, -0.1) is 0 Å². The van der Waals surface area contributed by atoms with Crippen LogP contribution in [0.5, 0.6) is 0 Å². The highest BCUT2D eigenvalue weighted by atomic mass is 35.5. The van der Waals surface area contributed by atoms with E-state index in [0.29, 0.717) is 29.6 Å². The molecule has 0 atom stereocenters. The van der Waals surface area contributed by atoms with Crippen LogP contribution in [-0.4, -0.2) is 27.7 Å². The molecule has 0 spiro atoms. The van der Waals surface area contributed by atoms with Gasteiger partial charge < -0.3 is 15.0 Å². The zero-order valence-electron chi connectivity index (χ0n) is 9.40. The third kappa shape index (κ3) is 2.19. The first-order chi connectivity index (χ1) is 8.13. The normalized spacial score (nSPS) is 27.6. The van der Waals surface area contributed by atoms with Gasteiger partial charge in [0, 0.05) is 18.3 Å².